The quantitative estimate of drug-likeness (QED) is 0.763. The molecule has 2 aromatic rings. The fourth-order valence-corrected chi connectivity index (χ4v) is 2.49. The Labute approximate surface area is 154 Å². The number of hydrogen-bond donors (Lipinski definition) is 1. The van der Waals surface area contributed by atoms with Gasteiger partial charge >= 0.3 is 5.97 Å². The molecule has 1 amide bonds. The number of benzene rings is 2. The number of para-hydroxylation sites is 1. The van der Waals surface area contributed by atoms with Gasteiger partial charge in [0, 0.05) is 5.69 Å². The maximum absolute atomic E-state index is 12.0. The summed E-state index contributed by atoms with van der Waals surface area (Å²) < 4.78 is 10.5. The van der Waals surface area contributed by atoms with Gasteiger partial charge in [0.15, 0.2) is 13.2 Å². The number of anilines is 1. The zero-order chi connectivity index (χ0) is 19.1. The number of amides is 1. The summed E-state index contributed by atoms with van der Waals surface area (Å²) in [5.41, 5.74) is 3.80. The van der Waals surface area contributed by atoms with E-state index < -0.39 is 5.97 Å². The van der Waals surface area contributed by atoms with Gasteiger partial charge in [0.1, 0.15) is 5.75 Å². The molecule has 1 N–H and O–H groups in total. The lowest BCUT2D eigenvalue weighted by Crippen LogP contribution is -2.24. The molecule has 26 heavy (non-hydrogen) atoms. The third kappa shape index (κ3) is 5.34. The molecule has 0 saturated heterocycles. The second-order valence-electron chi connectivity index (χ2n) is 6.44. The summed E-state index contributed by atoms with van der Waals surface area (Å²) in [4.78, 5) is 23.8. The summed E-state index contributed by atoms with van der Waals surface area (Å²) in [7, 11) is 0. The van der Waals surface area contributed by atoms with E-state index in [1.54, 1.807) is 0 Å². The minimum Gasteiger partial charge on any atom is -0.482 e. The highest BCUT2D eigenvalue weighted by Gasteiger charge is 2.12. The molecule has 0 atom stereocenters. The SMILES string of the molecule is Cc1cccc(NC(=O)COC(=O)COc2ccccc2C(C)C)c1C. The molecule has 5 heteroatoms. The van der Waals surface area contributed by atoms with Crippen LogP contribution in [0.1, 0.15) is 36.5 Å². The molecular weight excluding hydrogens is 330 g/mol. The first kappa shape index (κ1) is 19.5. The summed E-state index contributed by atoms with van der Waals surface area (Å²) in [5, 5.41) is 2.75. The van der Waals surface area contributed by atoms with Gasteiger partial charge < -0.3 is 14.8 Å². The Balaban J connectivity index is 1.82. The Morgan fingerprint density at radius 1 is 1.00 bits per heavy atom. The largest absolute Gasteiger partial charge is 0.482 e. The molecule has 5 nitrogen and oxygen atoms in total. The molecule has 2 rings (SSSR count). The van der Waals surface area contributed by atoms with Crippen molar-refractivity contribution in [2.45, 2.75) is 33.6 Å². The first-order valence-electron chi connectivity index (χ1n) is 8.62. The number of ether oxygens (including phenoxy) is 2. The number of hydrogen-bond acceptors (Lipinski definition) is 4. The van der Waals surface area contributed by atoms with Gasteiger partial charge in [-0.1, -0.05) is 44.2 Å². The van der Waals surface area contributed by atoms with Gasteiger partial charge in [0.05, 0.1) is 0 Å². The van der Waals surface area contributed by atoms with E-state index in [-0.39, 0.29) is 25.0 Å². The number of aryl methyl sites for hydroxylation is 1. The van der Waals surface area contributed by atoms with Crippen molar-refractivity contribution in [1.82, 2.24) is 0 Å². The van der Waals surface area contributed by atoms with Gasteiger partial charge in [0.2, 0.25) is 0 Å². The molecule has 0 radical (unpaired) electrons. The third-order valence-corrected chi connectivity index (χ3v) is 4.13. The predicted molar refractivity (Wildman–Crippen MR) is 102 cm³/mol. The van der Waals surface area contributed by atoms with E-state index >= 15 is 0 Å². The zero-order valence-electron chi connectivity index (χ0n) is 15.7. The highest BCUT2D eigenvalue weighted by Crippen LogP contribution is 2.25. The summed E-state index contributed by atoms with van der Waals surface area (Å²) in [6.07, 6.45) is 0. The smallest absolute Gasteiger partial charge is 0.344 e. The van der Waals surface area contributed by atoms with Crippen LogP contribution in [-0.4, -0.2) is 25.1 Å². The van der Waals surface area contributed by atoms with Crippen molar-refractivity contribution in [3.8, 4) is 5.75 Å². The van der Waals surface area contributed by atoms with Gasteiger partial charge in [0.25, 0.3) is 5.91 Å². The fraction of sp³-hybridized carbons (Fsp3) is 0.333. The lowest BCUT2D eigenvalue weighted by Gasteiger charge is -2.13. The highest BCUT2D eigenvalue weighted by molar-refractivity contribution is 5.93. The van der Waals surface area contributed by atoms with Crippen molar-refractivity contribution in [2.24, 2.45) is 0 Å². The van der Waals surface area contributed by atoms with Crippen molar-refractivity contribution in [3.63, 3.8) is 0 Å². The van der Waals surface area contributed by atoms with Crippen molar-refractivity contribution in [1.29, 1.82) is 0 Å². The molecule has 0 aromatic heterocycles. The van der Waals surface area contributed by atoms with Crippen LogP contribution in [0.25, 0.3) is 0 Å². The molecule has 0 spiro atoms. The summed E-state index contributed by atoms with van der Waals surface area (Å²) in [6, 6.07) is 13.2. The second kappa shape index (κ2) is 9.04. The number of carbonyl (C=O) groups is 2. The normalized spacial score (nSPS) is 10.5. The maximum atomic E-state index is 12.0. The van der Waals surface area contributed by atoms with E-state index in [0.29, 0.717) is 11.4 Å². The Hall–Kier alpha value is -2.82. The standard InChI is InChI=1S/C21H25NO4/c1-14(2)17-9-5-6-11-19(17)25-13-21(24)26-12-20(23)22-18-10-7-8-15(3)16(18)4/h5-11,14H,12-13H2,1-4H3,(H,22,23). The van der Waals surface area contributed by atoms with Crippen LogP contribution in [0.15, 0.2) is 42.5 Å². The zero-order valence-corrected chi connectivity index (χ0v) is 15.7. The fourth-order valence-electron chi connectivity index (χ4n) is 2.49. The van der Waals surface area contributed by atoms with E-state index in [1.165, 1.54) is 0 Å². The number of carbonyl (C=O) groups excluding carboxylic acids is 2. The molecule has 0 aliphatic carbocycles. The van der Waals surface area contributed by atoms with E-state index in [0.717, 1.165) is 16.7 Å². The lowest BCUT2D eigenvalue weighted by molar-refractivity contribution is -0.149. The van der Waals surface area contributed by atoms with Crippen molar-refractivity contribution in [3.05, 3.63) is 59.2 Å². The van der Waals surface area contributed by atoms with Crippen LogP contribution in [0.5, 0.6) is 5.75 Å². The predicted octanol–water partition coefficient (Wildman–Crippen LogP) is 3.99. The Morgan fingerprint density at radius 3 is 2.46 bits per heavy atom. The van der Waals surface area contributed by atoms with Crippen LogP contribution >= 0.6 is 0 Å². The Bertz CT molecular complexity index is 783. The van der Waals surface area contributed by atoms with Crippen molar-refractivity contribution in [2.75, 3.05) is 18.5 Å². The molecule has 138 valence electrons. The monoisotopic (exact) mass is 355 g/mol. The number of esters is 1. The maximum Gasteiger partial charge on any atom is 0.344 e. The van der Waals surface area contributed by atoms with Crippen LogP contribution in [0.4, 0.5) is 5.69 Å². The van der Waals surface area contributed by atoms with Gasteiger partial charge in [-0.25, -0.2) is 4.79 Å². The first-order chi connectivity index (χ1) is 12.4. The minimum atomic E-state index is -0.584. The summed E-state index contributed by atoms with van der Waals surface area (Å²) >= 11 is 0. The topological polar surface area (TPSA) is 64.6 Å². The molecule has 2 aromatic carbocycles. The molecule has 0 unspecified atom stereocenters. The second-order valence-corrected chi connectivity index (χ2v) is 6.44. The van der Waals surface area contributed by atoms with Crippen LogP contribution in [-0.2, 0) is 14.3 Å². The van der Waals surface area contributed by atoms with Gasteiger partial charge in [-0.3, -0.25) is 4.79 Å². The first-order valence-corrected chi connectivity index (χ1v) is 8.62. The molecule has 0 saturated carbocycles. The molecular formula is C21H25NO4. The lowest BCUT2D eigenvalue weighted by atomic mass is 10.0. The van der Waals surface area contributed by atoms with Crippen molar-refractivity contribution < 1.29 is 19.1 Å². The molecule has 0 aliphatic heterocycles. The van der Waals surface area contributed by atoms with Gasteiger partial charge in [-0.15, -0.1) is 0 Å². The average Bonchev–Trinajstić information content (AvgIpc) is 2.62. The average molecular weight is 355 g/mol. The summed E-state index contributed by atoms with van der Waals surface area (Å²) in [5.74, 6) is -0.0286. The van der Waals surface area contributed by atoms with Crippen LogP contribution in [0.2, 0.25) is 0 Å². The summed E-state index contributed by atoms with van der Waals surface area (Å²) in [6.45, 7) is 7.42. The van der Waals surface area contributed by atoms with Crippen molar-refractivity contribution >= 4 is 17.6 Å². The van der Waals surface area contributed by atoms with Crippen LogP contribution in [0.3, 0.4) is 0 Å². The van der Waals surface area contributed by atoms with E-state index in [1.807, 2.05) is 56.3 Å². The van der Waals surface area contributed by atoms with Crippen LogP contribution in [0, 0.1) is 13.8 Å². The molecule has 0 fully saturated rings. The van der Waals surface area contributed by atoms with E-state index in [4.69, 9.17) is 9.47 Å². The van der Waals surface area contributed by atoms with Gasteiger partial charge in [-0.05, 0) is 48.6 Å². The molecule has 0 aliphatic rings. The molecule has 0 bridgehead atoms. The number of nitrogens with one attached hydrogen (secondary N) is 1. The van der Waals surface area contributed by atoms with Gasteiger partial charge in [-0.2, -0.15) is 0 Å². The Morgan fingerprint density at radius 2 is 1.73 bits per heavy atom. The minimum absolute atomic E-state index is 0.236. The Kier molecular flexibility index (Phi) is 6.78. The van der Waals surface area contributed by atoms with E-state index in [2.05, 4.69) is 19.2 Å². The molecule has 0 heterocycles. The number of rotatable bonds is 7. The van der Waals surface area contributed by atoms with E-state index in [9.17, 15) is 9.59 Å². The van der Waals surface area contributed by atoms with Crippen LogP contribution < -0.4 is 10.1 Å². The third-order valence-electron chi connectivity index (χ3n) is 4.13. The highest BCUT2D eigenvalue weighted by atomic mass is 16.6.